The van der Waals surface area contributed by atoms with Crippen LogP contribution >= 0.6 is 0 Å². The molecule has 0 heterocycles. The summed E-state index contributed by atoms with van der Waals surface area (Å²) in [7, 11) is 0. The van der Waals surface area contributed by atoms with Crippen molar-refractivity contribution in [2.45, 2.75) is 46.1 Å². The summed E-state index contributed by atoms with van der Waals surface area (Å²) in [5, 5.41) is 10.1. The van der Waals surface area contributed by atoms with Gasteiger partial charge in [0.05, 0.1) is 6.10 Å². The molecule has 2 heteroatoms. The monoisotopic (exact) mass is 284 g/mol. The Morgan fingerprint density at radius 2 is 1.76 bits per heavy atom. The Balaban J connectivity index is 2.36. The van der Waals surface area contributed by atoms with E-state index in [1.165, 1.54) is 5.56 Å². The van der Waals surface area contributed by atoms with Crippen LogP contribution < -0.4 is 4.74 Å². The van der Waals surface area contributed by atoms with E-state index in [4.69, 9.17) is 4.74 Å². The van der Waals surface area contributed by atoms with Gasteiger partial charge >= 0.3 is 0 Å². The normalized spacial score (nSPS) is 12.5. The lowest BCUT2D eigenvalue weighted by Gasteiger charge is -2.17. The van der Waals surface area contributed by atoms with Crippen molar-refractivity contribution >= 4 is 0 Å². The second-order valence-electron chi connectivity index (χ2n) is 5.74. The zero-order valence-corrected chi connectivity index (χ0v) is 13.3. The van der Waals surface area contributed by atoms with Crippen LogP contribution in [0, 0.1) is 6.92 Å². The predicted molar refractivity (Wildman–Crippen MR) is 87.0 cm³/mol. The standard InChI is InChI=1S/C19H24O2/c1-5-17(20)16-8-6-7-9-18(16)21-19-12-15(13(2)3)11-10-14(19)4/h6-13,17,20H,5H2,1-4H3. The lowest BCUT2D eigenvalue weighted by Crippen LogP contribution is -2.00. The molecule has 2 nitrogen and oxygen atoms in total. The number of rotatable bonds is 5. The maximum Gasteiger partial charge on any atom is 0.133 e. The molecule has 1 unspecified atom stereocenters. The highest BCUT2D eigenvalue weighted by atomic mass is 16.5. The van der Waals surface area contributed by atoms with E-state index in [1.807, 2.05) is 38.1 Å². The number of aliphatic hydroxyl groups is 1. The second-order valence-corrected chi connectivity index (χ2v) is 5.74. The molecule has 2 aromatic rings. The molecule has 112 valence electrons. The first kappa shape index (κ1) is 15.6. The number of ether oxygens (including phenoxy) is 1. The molecule has 0 aromatic heterocycles. The highest BCUT2D eigenvalue weighted by Gasteiger charge is 2.13. The van der Waals surface area contributed by atoms with E-state index < -0.39 is 6.10 Å². The van der Waals surface area contributed by atoms with Crippen molar-refractivity contribution in [2.75, 3.05) is 0 Å². The van der Waals surface area contributed by atoms with Crippen LogP contribution in [0.15, 0.2) is 42.5 Å². The van der Waals surface area contributed by atoms with E-state index in [0.717, 1.165) is 22.6 Å². The van der Waals surface area contributed by atoms with Gasteiger partial charge in [0.25, 0.3) is 0 Å². The summed E-state index contributed by atoms with van der Waals surface area (Å²) >= 11 is 0. The van der Waals surface area contributed by atoms with Gasteiger partial charge in [-0.1, -0.05) is 51.1 Å². The number of hydrogen-bond donors (Lipinski definition) is 1. The molecule has 2 rings (SSSR count). The summed E-state index contributed by atoms with van der Waals surface area (Å²) in [6, 6.07) is 14.0. The van der Waals surface area contributed by atoms with E-state index in [2.05, 4.69) is 32.0 Å². The van der Waals surface area contributed by atoms with Crippen molar-refractivity contribution in [2.24, 2.45) is 0 Å². The summed E-state index contributed by atoms with van der Waals surface area (Å²) in [6.45, 7) is 8.34. The van der Waals surface area contributed by atoms with Gasteiger partial charge in [-0.3, -0.25) is 0 Å². The van der Waals surface area contributed by atoms with Crippen LogP contribution in [0.25, 0.3) is 0 Å². The summed E-state index contributed by atoms with van der Waals surface area (Å²) in [5.74, 6) is 2.05. The number of hydrogen-bond acceptors (Lipinski definition) is 2. The average molecular weight is 284 g/mol. The molecule has 0 aliphatic heterocycles. The fourth-order valence-electron chi connectivity index (χ4n) is 2.27. The van der Waals surface area contributed by atoms with Crippen LogP contribution in [0.2, 0.25) is 0 Å². The molecule has 0 bridgehead atoms. The van der Waals surface area contributed by atoms with E-state index in [0.29, 0.717) is 12.3 Å². The van der Waals surface area contributed by atoms with Crippen LogP contribution in [-0.2, 0) is 0 Å². The van der Waals surface area contributed by atoms with Crippen LogP contribution in [0.3, 0.4) is 0 Å². The third-order valence-electron chi connectivity index (χ3n) is 3.76. The van der Waals surface area contributed by atoms with Gasteiger partial charge in [0, 0.05) is 5.56 Å². The number of aliphatic hydroxyl groups excluding tert-OH is 1. The smallest absolute Gasteiger partial charge is 0.133 e. The minimum Gasteiger partial charge on any atom is -0.457 e. The Morgan fingerprint density at radius 3 is 2.43 bits per heavy atom. The molecular weight excluding hydrogens is 260 g/mol. The largest absolute Gasteiger partial charge is 0.457 e. The molecule has 1 N–H and O–H groups in total. The van der Waals surface area contributed by atoms with Crippen LogP contribution in [0.1, 0.15) is 55.9 Å². The molecule has 0 fully saturated rings. The van der Waals surface area contributed by atoms with Crippen molar-refractivity contribution in [1.29, 1.82) is 0 Å². The third kappa shape index (κ3) is 3.64. The number of aryl methyl sites for hydroxylation is 1. The second kappa shape index (κ2) is 6.77. The Hall–Kier alpha value is -1.80. The summed E-state index contributed by atoms with van der Waals surface area (Å²) in [6.07, 6.45) is 0.181. The van der Waals surface area contributed by atoms with Gasteiger partial charge < -0.3 is 9.84 Å². The fourth-order valence-corrected chi connectivity index (χ4v) is 2.27. The van der Waals surface area contributed by atoms with E-state index in [-0.39, 0.29) is 0 Å². The van der Waals surface area contributed by atoms with Gasteiger partial charge in [0.2, 0.25) is 0 Å². The number of para-hydroxylation sites is 1. The molecule has 0 radical (unpaired) electrons. The number of benzene rings is 2. The molecule has 0 aliphatic carbocycles. The zero-order chi connectivity index (χ0) is 15.4. The van der Waals surface area contributed by atoms with Crippen LogP contribution in [0.5, 0.6) is 11.5 Å². The zero-order valence-electron chi connectivity index (χ0n) is 13.3. The van der Waals surface area contributed by atoms with Crippen molar-refractivity contribution in [1.82, 2.24) is 0 Å². The highest BCUT2D eigenvalue weighted by Crippen LogP contribution is 2.33. The first-order valence-corrected chi connectivity index (χ1v) is 7.58. The lowest BCUT2D eigenvalue weighted by molar-refractivity contribution is 0.170. The molecule has 0 saturated heterocycles. The molecule has 2 aromatic carbocycles. The van der Waals surface area contributed by atoms with E-state index in [9.17, 15) is 5.11 Å². The van der Waals surface area contributed by atoms with Crippen LogP contribution in [0.4, 0.5) is 0 Å². The van der Waals surface area contributed by atoms with Crippen molar-refractivity contribution in [3.8, 4) is 11.5 Å². The molecule has 0 spiro atoms. The minimum atomic E-state index is -0.491. The topological polar surface area (TPSA) is 29.5 Å². The van der Waals surface area contributed by atoms with Crippen molar-refractivity contribution in [3.63, 3.8) is 0 Å². The van der Waals surface area contributed by atoms with Crippen LogP contribution in [-0.4, -0.2) is 5.11 Å². The quantitative estimate of drug-likeness (QED) is 0.801. The average Bonchev–Trinajstić information content (AvgIpc) is 2.49. The summed E-state index contributed by atoms with van der Waals surface area (Å²) < 4.78 is 6.09. The molecule has 1 atom stereocenters. The predicted octanol–water partition coefficient (Wildman–Crippen LogP) is 5.35. The molecular formula is C19H24O2. The molecule has 21 heavy (non-hydrogen) atoms. The molecule has 0 saturated carbocycles. The Labute approximate surface area is 127 Å². The van der Waals surface area contributed by atoms with Crippen molar-refractivity contribution < 1.29 is 9.84 Å². The first-order valence-electron chi connectivity index (χ1n) is 7.58. The van der Waals surface area contributed by atoms with Gasteiger partial charge in [0.1, 0.15) is 11.5 Å². The van der Waals surface area contributed by atoms with Gasteiger partial charge in [-0.2, -0.15) is 0 Å². The highest BCUT2D eigenvalue weighted by molar-refractivity contribution is 5.44. The van der Waals surface area contributed by atoms with E-state index >= 15 is 0 Å². The van der Waals surface area contributed by atoms with Gasteiger partial charge in [0.15, 0.2) is 0 Å². The SMILES string of the molecule is CCC(O)c1ccccc1Oc1cc(C(C)C)ccc1C. The Morgan fingerprint density at radius 1 is 1.05 bits per heavy atom. The minimum absolute atomic E-state index is 0.462. The van der Waals surface area contributed by atoms with Crippen molar-refractivity contribution in [3.05, 3.63) is 59.2 Å². The molecule has 0 amide bonds. The first-order chi connectivity index (χ1) is 10.0. The molecule has 0 aliphatic rings. The summed E-state index contributed by atoms with van der Waals surface area (Å²) in [4.78, 5) is 0. The lowest BCUT2D eigenvalue weighted by atomic mass is 10.0. The maximum absolute atomic E-state index is 10.1. The maximum atomic E-state index is 10.1. The van der Waals surface area contributed by atoms with Gasteiger partial charge in [-0.15, -0.1) is 0 Å². The van der Waals surface area contributed by atoms with Gasteiger partial charge in [-0.05, 0) is 42.5 Å². The Kier molecular flexibility index (Phi) is 5.03. The third-order valence-corrected chi connectivity index (χ3v) is 3.76. The van der Waals surface area contributed by atoms with E-state index in [1.54, 1.807) is 0 Å². The van der Waals surface area contributed by atoms with Gasteiger partial charge in [-0.25, -0.2) is 0 Å². The fraction of sp³-hybridized carbons (Fsp3) is 0.368. The Bertz CT molecular complexity index is 602. The summed E-state index contributed by atoms with van der Waals surface area (Å²) in [5.41, 5.74) is 3.19.